The molecule has 5 heteroatoms. The Kier molecular flexibility index (Phi) is 2.47. The van der Waals surface area contributed by atoms with E-state index in [1.54, 1.807) is 0 Å². The molecule has 4 rings (SSSR count). The third-order valence-corrected chi connectivity index (χ3v) is 4.59. The summed E-state index contributed by atoms with van der Waals surface area (Å²) in [5.41, 5.74) is 7.66. The highest BCUT2D eigenvalue weighted by Crippen LogP contribution is 2.43. The number of ether oxygens (including phenoxy) is 1. The van der Waals surface area contributed by atoms with Crippen molar-refractivity contribution in [3.63, 3.8) is 0 Å². The van der Waals surface area contributed by atoms with Crippen molar-refractivity contribution in [2.75, 3.05) is 13.2 Å². The van der Waals surface area contributed by atoms with E-state index in [-0.39, 0.29) is 17.3 Å². The summed E-state index contributed by atoms with van der Waals surface area (Å²) in [6, 6.07) is 5.24. The molecule has 0 radical (unpaired) electrons. The average Bonchev–Trinajstić information content (AvgIpc) is 3.10. The molecule has 0 spiro atoms. The minimum atomic E-state index is -0.294. The molecule has 1 aromatic heterocycles. The van der Waals surface area contributed by atoms with E-state index in [0.29, 0.717) is 24.8 Å². The summed E-state index contributed by atoms with van der Waals surface area (Å²) in [6.07, 6.45) is 2.31. The van der Waals surface area contributed by atoms with Crippen molar-refractivity contribution >= 4 is 11.0 Å². The van der Waals surface area contributed by atoms with Crippen LogP contribution in [0.4, 0.5) is 4.39 Å². The molecule has 1 aliphatic heterocycles. The molecule has 0 amide bonds. The van der Waals surface area contributed by atoms with E-state index in [4.69, 9.17) is 15.5 Å². The maximum Gasteiger partial charge on any atom is 0.125 e. The average molecular weight is 275 g/mol. The minimum absolute atomic E-state index is 0.0679. The van der Waals surface area contributed by atoms with E-state index in [1.807, 2.05) is 6.07 Å². The molecule has 2 heterocycles. The van der Waals surface area contributed by atoms with Crippen molar-refractivity contribution < 1.29 is 9.13 Å². The fourth-order valence-electron chi connectivity index (χ4n) is 3.10. The SMILES string of the molecule is CC1(c2nc3cc(F)ccc3n2C2CC2)COCC1N. The lowest BCUT2D eigenvalue weighted by atomic mass is 9.85. The Morgan fingerprint density at radius 3 is 2.90 bits per heavy atom. The number of fused-ring (bicyclic) bond motifs is 1. The molecule has 1 saturated heterocycles. The van der Waals surface area contributed by atoms with Crippen molar-refractivity contribution in [2.24, 2.45) is 5.73 Å². The highest BCUT2D eigenvalue weighted by Gasteiger charge is 2.45. The van der Waals surface area contributed by atoms with Crippen LogP contribution in [0.1, 0.15) is 31.6 Å². The fourth-order valence-corrected chi connectivity index (χ4v) is 3.10. The zero-order valence-corrected chi connectivity index (χ0v) is 11.5. The van der Waals surface area contributed by atoms with Gasteiger partial charge in [-0.2, -0.15) is 0 Å². The maximum absolute atomic E-state index is 13.4. The third kappa shape index (κ3) is 1.63. The van der Waals surface area contributed by atoms with Gasteiger partial charge in [0.15, 0.2) is 0 Å². The highest BCUT2D eigenvalue weighted by atomic mass is 19.1. The molecule has 2 fully saturated rings. The van der Waals surface area contributed by atoms with Crippen molar-refractivity contribution in [2.45, 2.75) is 37.3 Å². The van der Waals surface area contributed by atoms with Gasteiger partial charge in [-0.15, -0.1) is 0 Å². The molecule has 2 aromatic rings. The van der Waals surface area contributed by atoms with Gasteiger partial charge in [0.2, 0.25) is 0 Å². The van der Waals surface area contributed by atoms with Crippen LogP contribution >= 0.6 is 0 Å². The summed E-state index contributed by atoms with van der Waals surface area (Å²) in [6.45, 7) is 3.23. The van der Waals surface area contributed by atoms with Crippen LogP contribution in [-0.4, -0.2) is 28.8 Å². The first-order valence-corrected chi connectivity index (χ1v) is 7.11. The number of benzene rings is 1. The van der Waals surface area contributed by atoms with Gasteiger partial charge < -0.3 is 15.0 Å². The largest absolute Gasteiger partial charge is 0.379 e. The van der Waals surface area contributed by atoms with Crippen molar-refractivity contribution in [3.8, 4) is 0 Å². The predicted octanol–water partition coefficient (Wildman–Crippen LogP) is 2.13. The Balaban J connectivity index is 1.96. The Hall–Kier alpha value is -1.46. The van der Waals surface area contributed by atoms with Gasteiger partial charge in [0.1, 0.15) is 11.6 Å². The predicted molar refractivity (Wildman–Crippen MR) is 74.1 cm³/mol. The lowest BCUT2D eigenvalue weighted by Gasteiger charge is -2.27. The summed E-state index contributed by atoms with van der Waals surface area (Å²) in [4.78, 5) is 4.70. The zero-order chi connectivity index (χ0) is 13.9. The van der Waals surface area contributed by atoms with Gasteiger partial charge in [0.25, 0.3) is 0 Å². The summed E-state index contributed by atoms with van der Waals surface area (Å²) in [5, 5.41) is 0. The topological polar surface area (TPSA) is 53.1 Å². The monoisotopic (exact) mass is 275 g/mol. The second kappa shape index (κ2) is 4.02. The summed E-state index contributed by atoms with van der Waals surface area (Å²) < 4.78 is 21.2. The van der Waals surface area contributed by atoms with Crippen LogP contribution in [0.15, 0.2) is 18.2 Å². The van der Waals surface area contributed by atoms with Crippen molar-refractivity contribution in [1.29, 1.82) is 0 Å². The summed E-state index contributed by atoms with van der Waals surface area (Å²) >= 11 is 0. The standard InChI is InChI=1S/C15H18FN3O/c1-15(8-20-7-13(15)17)14-18-11-6-9(16)2-5-12(11)19(14)10-3-4-10/h2,5-6,10,13H,3-4,7-8,17H2,1H3. The van der Waals surface area contributed by atoms with Crippen molar-refractivity contribution in [3.05, 3.63) is 29.8 Å². The molecule has 1 aliphatic carbocycles. The molecule has 2 atom stereocenters. The molecule has 0 bridgehead atoms. The number of hydrogen-bond acceptors (Lipinski definition) is 3. The Morgan fingerprint density at radius 1 is 1.45 bits per heavy atom. The number of halogens is 1. The second-order valence-electron chi connectivity index (χ2n) is 6.21. The summed E-state index contributed by atoms with van der Waals surface area (Å²) in [5.74, 6) is 0.701. The molecule has 20 heavy (non-hydrogen) atoms. The third-order valence-electron chi connectivity index (χ3n) is 4.59. The number of aromatic nitrogens is 2. The van der Waals surface area contributed by atoms with Crippen LogP contribution in [0, 0.1) is 5.82 Å². The van der Waals surface area contributed by atoms with Gasteiger partial charge >= 0.3 is 0 Å². The van der Waals surface area contributed by atoms with E-state index in [9.17, 15) is 4.39 Å². The van der Waals surface area contributed by atoms with E-state index in [0.717, 1.165) is 24.2 Å². The van der Waals surface area contributed by atoms with Crippen LogP contribution in [-0.2, 0) is 10.2 Å². The molecule has 106 valence electrons. The van der Waals surface area contributed by atoms with Crippen LogP contribution < -0.4 is 5.73 Å². The smallest absolute Gasteiger partial charge is 0.125 e. The molecule has 1 aromatic carbocycles. The van der Waals surface area contributed by atoms with Crippen LogP contribution in [0.5, 0.6) is 0 Å². The van der Waals surface area contributed by atoms with Gasteiger partial charge in [0, 0.05) is 18.2 Å². The van der Waals surface area contributed by atoms with Crippen molar-refractivity contribution in [1.82, 2.24) is 9.55 Å². The van der Waals surface area contributed by atoms with Gasteiger partial charge in [0.05, 0.1) is 29.7 Å². The maximum atomic E-state index is 13.4. The number of nitrogens with two attached hydrogens (primary N) is 1. The molecular formula is C15H18FN3O. The lowest BCUT2D eigenvalue weighted by molar-refractivity contribution is 0.177. The van der Waals surface area contributed by atoms with E-state index < -0.39 is 0 Å². The van der Waals surface area contributed by atoms with E-state index >= 15 is 0 Å². The Morgan fingerprint density at radius 2 is 2.25 bits per heavy atom. The van der Waals surface area contributed by atoms with Gasteiger partial charge in [-0.1, -0.05) is 0 Å². The normalized spacial score (nSPS) is 30.2. The molecule has 1 saturated carbocycles. The quantitative estimate of drug-likeness (QED) is 0.913. The number of hydrogen-bond donors (Lipinski definition) is 1. The first-order valence-electron chi connectivity index (χ1n) is 7.11. The van der Waals surface area contributed by atoms with Gasteiger partial charge in [-0.05, 0) is 31.9 Å². The molecule has 2 N–H and O–H groups in total. The number of nitrogens with zero attached hydrogens (tertiary/aromatic N) is 2. The second-order valence-corrected chi connectivity index (χ2v) is 6.21. The number of rotatable bonds is 2. The Labute approximate surface area is 116 Å². The molecule has 4 nitrogen and oxygen atoms in total. The molecule has 2 unspecified atom stereocenters. The molecular weight excluding hydrogens is 257 g/mol. The number of imidazole rings is 1. The first kappa shape index (κ1) is 12.3. The lowest BCUT2D eigenvalue weighted by Crippen LogP contribution is -2.43. The highest BCUT2D eigenvalue weighted by molar-refractivity contribution is 5.77. The summed E-state index contributed by atoms with van der Waals surface area (Å²) in [7, 11) is 0. The van der Waals surface area contributed by atoms with E-state index in [2.05, 4.69) is 11.5 Å². The molecule has 2 aliphatic rings. The van der Waals surface area contributed by atoms with Crippen LogP contribution in [0.2, 0.25) is 0 Å². The van der Waals surface area contributed by atoms with Crippen LogP contribution in [0.3, 0.4) is 0 Å². The van der Waals surface area contributed by atoms with Gasteiger partial charge in [-0.3, -0.25) is 0 Å². The van der Waals surface area contributed by atoms with E-state index in [1.165, 1.54) is 12.1 Å². The first-order chi connectivity index (χ1) is 9.59. The Bertz CT molecular complexity index is 679. The van der Waals surface area contributed by atoms with Crippen LogP contribution in [0.25, 0.3) is 11.0 Å². The van der Waals surface area contributed by atoms with Gasteiger partial charge in [-0.25, -0.2) is 9.37 Å². The fraction of sp³-hybridized carbons (Fsp3) is 0.533. The minimum Gasteiger partial charge on any atom is -0.379 e. The zero-order valence-electron chi connectivity index (χ0n) is 11.5.